The van der Waals surface area contributed by atoms with Crippen molar-refractivity contribution in [1.29, 1.82) is 0 Å². The fourth-order valence-electron chi connectivity index (χ4n) is 1.18. The summed E-state index contributed by atoms with van der Waals surface area (Å²) in [6.07, 6.45) is 0. The van der Waals surface area contributed by atoms with Gasteiger partial charge in [-0.05, 0) is 20.8 Å². The molecule has 0 amide bonds. The van der Waals surface area contributed by atoms with Crippen molar-refractivity contribution in [1.82, 2.24) is 10.2 Å². The van der Waals surface area contributed by atoms with Gasteiger partial charge in [-0.3, -0.25) is 5.10 Å². The van der Waals surface area contributed by atoms with E-state index in [1.165, 1.54) is 0 Å². The number of aromatic amines is 1. The van der Waals surface area contributed by atoms with Gasteiger partial charge in [-0.25, -0.2) is 4.79 Å². The first-order valence-electron chi connectivity index (χ1n) is 4.66. The summed E-state index contributed by atoms with van der Waals surface area (Å²) < 4.78 is 4.92. The standard InChI is InChI=1S/C9H15N3O2.ClH/c1-4-10-8-7(6(3)11-12-8)9(13)14-5-2;/h4-5H2,1-3H3,(H2,10,11,12);1H. The first-order valence-corrected chi connectivity index (χ1v) is 4.66. The van der Waals surface area contributed by atoms with Gasteiger partial charge < -0.3 is 10.1 Å². The van der Waals surface area contributed by atoms with Crippen LogP contribution in [0.2, 0.25) is 0 Å². The molecule has 2 N–H and O–H groups in total. The average molecular weight is 234 g/mol. The molecule has 15 heavy (non-hydrogen) atoms. The lowest BCUT2D eigenvalue weighted by atomic mass is 10.2. The number of esters is 1. The van der Waals surface area contributed by atoms with Gasteiger partial charge in [0.1, 0.15) is 5.56 Å². The minimum Gasteiger partial charge on any atom is -0.462 e. The third-order valence-corrected chi connectivity index (χ3v) is 1.77. The monoisotopic (exact) mass is 233 g/mol. The third-order valence-electron chi connectivity index (χ3n) is 1.77. The summed E-state index contributed by atoms with van der Waals surface area (Å²) in [5, 5.41) is 9.71. The SMILES string of the molecule is CCNc1n[nH]c(C)c1C(=O)OCC.Cl. The number of nitrogens with one attached hydrogen (secondary N) is 2. The summed E-state index contributed by atoms with van der Waals surface area (Å²) in [5.74, 6) is 0.221. The molecule has 6 heteroatoms. The van der Waals surface area contributed by atoms with Gasteiger partial charge in [0.25, 0.3) is 0 Å². The number of rotatable bonds is 4. The topological polar surface area (TPSA) is 67.0 Å². The summed E-state index contributed by atoms with van der Waals surface area (Å²) in [6.45, 7) is 6.60. The Kier molecular flexibility index (Phi) is 5.77. The lowest BCUT2D eigenvalue weighted by Crippen LogP contribution is -2.09. The van der Waals surface area contributed by atoms with E-state index in [1.54, 1.807) is 13.8 Å². The zero-order valence-corrected chi connectivity index (χ0v) is 9.90. The van der Waals surface area contributed by atoms with Crippen molar-refractivity contribution < 1.29 is 9.53 Å². The minimum atomic E-state index is -0.338. The van der Waals surface area contributed by atoms with Crippen LogP contribution in [0.25, 0.3) is 0 Å². The van der Waals surface area contributed by atoms with E-state index in [1.807, 2.05) is 6.92 Å². The van der Waals surface area contributed by atoms with Crippen LogP contribution in [0.4, 0.5) is 5.82 Å². The fourth-order valence-corrected chi connectivity index (χ4v) is 1.18. The van der Waals surface area contributed by atoms with Crippen LogP contribution in [-0.2, 0) is 4.74 Å². The second-order valence-electron chi connectivity index (χ2n) is 2.82. The Morgan fingerprint density at radius 1 is 1.53 bits per heavy atom. The number of aromatic nitrogens is 2. The Labute approximate surface area is 95.0 Å². The van der Waals surface area contributed by atoms with Crippen LogP contribution in [0.3, 0.4) is 0 Å². The normalized spacial score (nSPS) is 9.27. The summed E-state index contributed by atoms with van der Waals surface area (Å²) in [6, 6.07) is 0. The Hall–Kier alpha value is -1.23. The van der Waals surface area contributed by atoms with Gasteiger partial charge in [-0.15, -0.1) is 12.4 Å². The highest BCUT2D eigenvalue weighted by Gasteiger charge is 2.18. The van der Waals surface area contributed by atoms with Gasteiger partial charge >= 0.3 is 5.97 Å². The zero-order valence-electron chi connectivity index (χ0n) is 9.09. The highest BCUT2D eigenvalue weighted by molar-refractivity contribution is 5.95. The number of carbonyl (C=O) groups excluding carboxylic acids is 1. The van der Waals surface area contributed by atoms with E-state index in [0.717, 1.165) is 12.2 Å². The number of hydrogen-bond acceptors (Lipinski definition) is 4. The molecule has 0 aliphatic heterocycles. The lowest BCUT2D eigenvalue weighted by molar-refractivity contribution is 0.0527. The van der Waals surface area contributed by atoms with Gasteiger partial charge in [0.2, 0.25) is 0 Å². The molecule has 86 valence electrons. The van der Waals surface area contributed by atoms with Crippen molar-refractivity contribution in [3.63, 3.8) is 0 Å². The predicted molar refractivity (Wildman–Crippen MR) is 60.7 cm³/mol. The van der Waals surface area contributed by atoms with Crippen molar-refractivity contribution >= 4 is 24.2 Å². The maximum Gasteiger partial charge on any atom is 0.343 e. The maximum absolute atomic E-state index is 11.5. The van der Waals surface area contributed by atoms with E-state index in [0.29, 0.717) is 18.0 Å². The Morgan fingerprint density at radius 2 is 2.20 bits per heavy atom. The Bertz CT molecular complexity index is 325. The van der Waals surface area contributed by atoms with Crippen LogP contribution in [-0.4, -0.2) is 29.3 Å². The van der Waals surface area contributed by atoms with Crippen LogP contribution in [0, 0.1) is 6.92 Å². The molecule has 1 aromatic heterocycles. The molecule has 1 heterocycles. The molecule has 5 nitrogen and oxygen atoms in total. The lowest BCUT2D eigenvalue weighted by Gasteiger charge is -2.03. The highest BCUT2D eigenvalue weighted by atomic mass is 35.5. The maximum atomic E-state index is 11.5. The van der Waals surface area contributed by atoms with E-state index in [-0.39, 0.29) is 18.4 Å². The second-order valence-corrected chi connectivity index (χ2v) is 2.82. The molecule has 0 bridgehead atoms. The average Bonchev–Trinajstić information content (AvgIpc) is 2.48. The minimum absolute atomic E-state index is 0. The van der Waals surface area contributed by atoms with E-state index in [2.05, 4.69) is 15.5 Å². The number of aryl methyl sites for hydroxylation is 1. The summed E-state index contributed by atoms with van der Waals surface area (Å²) >= 11 is 0. The predicted octanol–water partition coefficient (Wildman–Crippen LogP) is 1.75. The van der Waals surface area contributed by atoms with E-state index >= 15 is 0 Å². The number of H-pyrrole nitrogens is 1. The summed E-state index contributed by atoms with van der Waals surface area (Å²) in [5.41, 5.74) is 1.22. The molecular formula is C9H16ClN3O2. The van der Waals surface area contributed by atoms with E-state index in [9.17, 15) is 4.79 Å². The molecule has 0 aliphatic rings. The van der Waals surface area contributed by atoms with Crippen molar-refractivity contribution in [2.45, 2.75) is 20.8 Å². The molecule has 0 saturated carbocycles. The van der Waals surface area contributed by atoms with E-state index < -0.39 is 0 Å². The molecule has 0 aliphatic carbocycles. The quantitative estimate of drug-likeness (QED) is 0.778. The summed E-state index contributed by atoms with van der Waals surface area (Å²) in [7, 11) is 0. The summed E-state index contributed by atoms with van der Waals surface area (Å²) in [4.78, 5) is 11.5. The smallest absolute Gasteiger partial charge is 0.343 e. The molecule has 1 rings (SSSR count). The first-order chi connectivity index (χ1) is 6.70. The molecular weight excluding hydrogens is 218 g/mol. The molecule has 0 spiro atoms. The third kappa shape index (κ3) is 3.13. The zero-order chi connectivity index (χ0) is 10.6. The van der Waals surface area contributed by atoms with Crippen molar-refractivity contribution in [3.8, 4) is 0 Å². The van der Waals surface area contributed by atoms with Crippen molar-refractivity contribution in [3.05, 3.63) is 11.3 Å². The fraction of sp³-hybridized carbons (Fsp3) is 0.556. The number of nitrogens with zero attached hydrogens (tertiary/aromatic N) is 1. The van der Waals surface area contributed by atoms with Crippen LogP contribution >= 0.6 is 12.4 Å². The highest BCUT2D eigenvalue weighted by Crippen LogP contribution is 2.16. The molecule has 0 saturated heterocycles. The molecule has 0 aromatic carbocycles. The number of carbonyl (C=O) groups is 1. The van der Waals surface area contributed by atoms with Crippen LogP contribution < -0.4 is 5.32 Å². The number of anilines is 1. The number of ether oxygens (including phenoxy) is 1. The Balaban J connectivity index is 0.00000196. The first kappa shape index (κ1) is 13.8. The molecule has 0 radical (unpaired) electrons. The molecule has 0 unspecified atom stereocenters. The largest absolute Gasteiger partial charge is 0.462 e. The van der Waals surface area contributed by atoms with Gasteiger partial charge in [-0.2, -0.15) is 5.10 Å². The number of halogens is 1. The van der Waals surface area contributed by atoms with Crippen molar-refractivity contribution in [2.24, 2.45) is 0 Å². The van der Waals surface area contributed by atoms with E-state index in [4.69, 9.17) is 4.74 Å². The van der Waals surface area contributed by atoms with Crippen LogP contribution in [0.15, 0.2) is 0 Å². The molecule has 0 fully saturated rings. The Morgan fingerprint density at radius 3 is 2.73 bits per heavy atom. The van der Waals surface area contributed by atoms with Crippen molar-refractivity contribution in [2.75, 3.05) is 18.5 Å². The number of hydrogen-bond donors (Lipinski definition) is 2. The van der Waals surface area contributed by atoms with Gasteiger partial charge in [0.05, 0.1) is 6.61 Å². The van der Waals surface area contributed by atoms with Gasteiger partial charge in [-0.1, -0.05) is 0 Å². The molecule has 0 atom stereocenters. The second kappa shape index (κ2) is 6.29. The van der Waals surface area contributed by atoms with Gasteiger partial charge in [0, 0.05) is 12.2 Å². The molecule has 1 aromatic rings. The van der Waals surface area contributed by atoms with Crippen LogP contribution in [0.5, 0.6) is 0 Å². The van der Waals surface area contributed by atoms with Crippen LogP contribution in [0.1, 0.15) is 29.9 Å². The van der Waals surface area contributed by atoms with Gasteiger partial charge in [0.15, 0.2) is 5.82 Å².